The molecule has 2 aromatic rings. The fourth-order valence-electron chi connectivity index (χ4n) is 2.06. The highest BCUT2D eigenvalue weighted by molar-refractivity contribution is 5.30. The fraction of sp³-hybridized carbons (Fsp3) is 0.375. The number of hydrogen-bond acceptors (Lipinski definition) is 4. The number of ether oxygens (including phenoxy) is 1. The summed E-state index contributed by atoms with van der Waals surface area (Å²) in [5.41, 5.74) is 5.03. The van der Waals surface area contributed by atoms with Gasteiger partial charge >= 0.3 is 0 Å². The van der Waals surface area contributed by atoms with Gasteiger partial charge in [-0.3, -0.25) is 0 Å². The third-order valence-electron chi connectivity index (χ3n) is 3.23. The predicted molar refractivity (Wildman–Crippen MR) is 77.9 cm³/mol. The van der Waals surface area contributed by atoms with E-state index in [1.165, 1.54) is 0 Å². The van der Waals surface area contributed by atoms with Crippen molar-refractivity contribution in [3.63, 3.8) is 0 Å². The number of aliphatic hydroxyl groups is 1. The van der Waals surface area contributed by atoms with Crippen LogP contribution in [0, 0.1) is 27.7 Å². The van der Waals surface area contributed by atoms with Crippen molar-refractivity contribution in [2.45, 2.75) is 33.8 Å². The Bertz CT molecular complexity index is 591. The molecule has 4 nitrogen and oxygen atoms in total. The zero-order chi connectivity index (χ0) is 14.7. The van der Waals surface area contributed by atoms with Gasteiger partial charge in [-0.25, -0.2) is 0 Å². The number of hydrogen-bond donors (Lipinski definition) is 1. The first-order valence-corrected chi connectivity index (χ1v) is 6.65. The Labute approximate surface area is 119 Å². The highest BCUT2D eigenvalue weighted by Gasteiger charge is 2.10. The zero-order valence-electron chi connectivity index (χ0n) is 12.3. The Morgan fingerprint density at radius 1 is 1.00 bits per heavy atom. The van der Waals surface area contributed by atoms with Crippen LogP contribution >= 0.6 is 0 Å². The molecule has 0 unspecified atom stereocenters. The number of benzene rings is 1. The number of aryl methyl sites for hydroxylation is 4. The molecule has 20 heavy (non-hydrogen) atoms. The number of rotatable bonds is 4. The van der Waals surface area contributed by atoms with E-state index in [1.807, 2.05) is 45.9 Å². The topological polar surface area (TPSA) is 55.2 Å². The van der Waals surface area contributed by atoms with Crippen LogP contribution in [0.5, 0.6) is 5.88 Å². The second-order valence-electron chi connectivity index (χ2n) is 5.20. The maximum absolute atomic E-state index is 10.2. The van der Waals surface area contributed by atoms with Crippen molar-refractivity contribution in [3.05, 3.63) is 52.2 Å². The first-order chi connectivity index (χ1) is 9.45. The van der Waals surface area contributed by atoms with Gasteiger partial charge in [0.25, 0.3) is 0 Å². The smallest absolute Gasteiger partial charge is 0.233 e. The third kappa shape index (κ3) is 3.54. The largest absolute Gasteiger partial charge is 0.473 e. The van der Waals surface area contributed by atoms with E-state index in [2.05, 4.69) is 16.3 Å². The van der Waals surface area contributed by atoms with E-state index in [4.69, 9.17) is 4.74 Å². The highest BCUT2D eigenvalue weighted by atomic mass is 16.5. The van der Waals surface area contributed by atoms with Gasteiger partial charge in [0.1, 0.15) is 12.7 Å². The molecule has 0 aliphatic rings. The predicted octanol–water partition coefficient (Wildman–Crippen LogP) is 2.82. The summed E-state index contributed by atoms with van der Waals surface area (Å²) >= 11 is 0. The second-order valence-corrected chi connectivity index (χ2v) is 5.20. The van der Waals surface area contributed by atoms with Crippen LogP contribution in [0.2, 0.25) is 0 Å². The van der Waals surface area contributed by atoms with Gasteiger partial charge in [0, 0.05) is 6.07 Å². The van der Waals surface area contributed by atoms with Gasteiger partial charge in [0.05, 0.1) is 5.69 Å². The minimum absolute atomic E-state index is 0.167. The molecule has 4 heteroatoms. The van der Waals surface area contributed by atoms with E-state index in [-0.39, 0.29) is 6.61 Å². The van der Waals surface area contributed by atoms with Gasteiger partial charge in [0.15, 0.2) is 0 Å². The molecule has 0 amide bonds. The van der Waals surface area contributed by atoms with Crippen molar-refractivity contribution in [3.8, 4) is 5.88 Å². The minimum Gasteiger partial charge on any atom is -0.473 e. The first kappa shape index (κ1) is 14.5. The molecule has 2 rings (SSSR count). The molecule has 1 aromatic heterocycles. The SMILES string of the molecule is Cc1cc(C)cc([C@H](O)COc2cc(C)c(C)nn2)c1. The van der Waals surface area contributed by atoms with Crippen LogP contribution in [0.4, 0.5) is 0 Å². The van der Waals surface area contributed by atoms with Crippen molar-refractivity contribution in [1.82, 2.24) is 10.2 Å². The first-order valence-electron chi connectivity index (χ1n) is 6.65. The molecule has 0 saturated heterocycles. The van der Waals surface area contributed by atoms with Crippen molar-refractivity contribution >= 4 is 0 Å². The van der Waals surface area contributed by atoms with E-state index in [9.17, 15) is 5.11 Å². The normalized spacial score (nSPS) is 12.2. The zero-order valence-corrected chi connectivity index (χ0v) is 12.3. The molecule has 1 N–H and O–H groups in total. The summed E-state index contributed by atoms with van der Waals surface area (Å²) in [5, 5.41) is 18.1. The minimum atomic E-state index is -0.669. The molecule has 0 aliphatic carbocycles. The van der Waals surface area contributed by atoms with Gasteiger partial charge in [-0.1, -0.05) is 29.3 Å². The van der Waals surface area contributed by atoms with E-state index in [0.717, 1.165) is 27.9 Å². The lowest BCUT2D eigenvalue weighted by Crippen LogP contribution is -2.11. The molecule has 0 bridgehead atoms. The van der Waals surface area contributed by atoms with E-state index in [0.29, 0.717) is 5.88 Å². The van der Waals surface area contributed by atoms with Crippen LogP contribution < -0.4 is 4.74 Å². The van der Waals surface area contributed by atoms with Crippen molar-refractivity contribution in [1.29, 1.82) is 0 Å². The molecule has 1 heterocycles. The summed E-state index contributed by atoms with van der Waals surface area (Å²) in [6.45, 7) is 8.05. The van der Waals surface area contributed by atoms with E-state index < -0.39 is 6.10 Å². The maximum atomic E-state index is 10.2. The highest BCUT2D eigenvalue weighted by Crippen LogP contribution is 2.18. The van der Waals surface area contributed by atoms with Gasteiger partial charge in [-0.15, -0.1) is 5.10 Å². The maximum Gasteiger partial charge on any atom is 0.233 e. The van der Waals surface area contributed by atoms with Crippen LogP contribution in [0.15, 0.2) is 24.3 Å². The Balaban J connectivity index is 2.04. The van der Waals surface area contributed by atoms with Crippen LogP contribution in [0.3, 0.4) is 0 Å². The monoisotopic (exact) mass is 272 g/mol. The molecule has 1 atom stereocenters. The summed E-state index contributed by atoms with van der Waals surface area (Å²) in [7, 11) is 0. The van der Waals surface area contributed by atoms with Gasteiger partial charge in [0.2, 0.25) is 5.88 Å². The van der Waals surface area contributed by atoms with Crippen LogP contribution in [0.1, 0.15) is 34.1 Å². The Hall–Kier alpha value is -1.94. The molecule has 1 aromatic carbocycles. The summed E-state index contributed by atoms with van der Waals surface area (Å²) in [6.07, 6.45) is -0.669. The molecule has 0 fully saturated rings. The van der Waals surface area contributed by atoms with Gasteiger partial charge in [-0.2, -0.15) is 5.10 Å². The summed E-state index contributed by atoms with van der Waals surface area (Å²) in [6, 6.07) is 7.84. The second kappa shape index (κ2) is 6.01. The average Bonchev–Trinajstić information content (AvgIpc) is 2.38. The molecule has 106 valence electrons. The van der Waals surface area contributed by atoms with Crippen LogP contribution in [-0.2, 0) is 0 Å². The van der Waals surface area contributed by atoms with Crippen molar-refractivity contribution in [2.24, 2.45) is 0 Å². The number of aliphatic hydroxyl groups excluding tert-OH is 1. The Kier molecular flexibility index (Phi) is 4.35. The number of nitrogens with zero attached hydrogens (tertiary/aromatic N) is 2. The van der Waals surface area contributed by atoms with Crippen LogP contribution in [-0.4, -0.2) is 21.9 Å². The third-order valence-corrected chi connectivity index (χ3v) is 3.23. The van der Waals surface area contributed by atoms with E-state index >= 15 is 0 Å². The average molecular weight is 272 g/mol. The lowest BCUT2D eigenvalue weighted by molar-refractivity contribution is 0.105. The quantitative estimate of drug-likeness (QED) is 0.930. The molecule has 0 saturated carbocycles. The van der Waals surface area contributed by atoms with Crippen LogP contribution in [0.25, 0.3) is 0 Å². The molecule has 0 aliphatic heterocycles. The molecular weight excluding hydrogens is 252 g/mol. The summed E-state index contributed by atoms with van der Waals surface area (Å²) in [4.78, 5) is 0. The van der Waals surface area contributed by atoms with Gasteiger partial charge < -0.3 is 9.84 Å². The lowest BCUT2D eigenvalue weighted by atomic mass is 10.0. The summed E-state index contributed by atoms with van der Waals surface area (Å²) in [5.74, 6) is 0.441. The lowest BCUT2D eigenvalue weighted by Gasteiger charge is -2.13. The molecular formula is C16H20N2O2. The van der Waals surface area contributed by atoms with E-state index in [1.54, 1.807) is 0 Å². The molecule has 0 radical (unpaired) electrons. The Morgan fingerprint density at radius 3 is 2.25 bits per heavy atom. The fourth-order valence-corrected chi connectivity index (χ4v) is 2.06. The Morgan fingerprint density at radius 2 is 1.65 bits per heavy atom. The molecule has 0 spiro atoms. The van der Waals surface area contributed by atoms with Crippen molar-refractivity contribution < 1.29 is 9.84 Å². The standard InChI is InChI=1S/C16H20N2O2/c1-10-5-11(2)7-14(6-10)15(19)9-20-16-8-12(3)13(4)17-18-16/h5-8,15,19H,9H2,1-4H3/t15-/m1/s1. The van der Waals surface area contributed by atoms with Gasteiger partial charge in [-0.05, 0) is 38.8 Å². The van der Waals surface area contributed by atoms with Crippen molar-refractivity contribution in [2.75, 3.05) is 6.61 Å². The summed E-state index contributed by atoms with van der Waals surface area (Å²) < 4.78 is 5.51. The number of aromatic nitrogens is 2.